The number of anilines is 1. The Kier molecular flexibility index (Phi) is 3.18. The molecular weight excluding hydrogens is 260 g/mol. The summed E-state index contributed by atoms with van der Waals surface area (Å²) < 4.78 is 52.4. The molecule has 0 saturated heterocycles. The molecule has 2 nitrogen and oxygen atoms in total. The quantitative estimate of drug-likeness (QED) is 0.632. The van der Waals surface area contributed by atoms with Crippen molar-refractivity contribution in [2.24, 2.45) is 0 Å². The van der Waals surface area contributed by atoms with Gasteiger partial charge in [0.1, 0.15) is 5.82 Å². The fourth-order valence-corrected chi connectivity index (χ4v) is 1.75. The van der Waals surface area contributed by atoms with E-state index in [1.165, 1.54) is 6.07 Å². The van der Waals surface area contributed by atoms with Crippen LogP contribution < -0.4 is 5.73 Å². The molecule has 19 heavy (non-hydrogen) atoms. The molecule has 100 valence electrons. The summed E-state index contributed by atoms with van der Waals surface area (Å²) in [6.07, 6.45) is -2.58. The molecule has 0 aliphatic rings. The largest absolute Gasteiger partial charge is 0.417 e. The number of hydrogen-bond donors (Lipinski definition) is 1. The van der Waals surface area contributed by atoms with E-state index in [1.54, 1.807) is 6.92 Å². The number of benzene rings is 1. The van der Waals surface area contributed by atoms with Crippen LogP contribution in [0.4, 0.5) is 23.2 Å². The molecule has 1 heterocycles. The third kappa shape index (κ3) is 2.52. The summed E-state index contributed by atoms with van der Waals surface area (Å²) in [5.41, 5.74) is 4.85. The summed E-state index contributed by atoms with van der Waals surface area (Å²) in [5, 5.41) is 0. The van der Waals surface area contributed by atoms with Gasteiger partial charge in [0.25, 0.3) is 0 Å². The number of halogens is 4. The summed E-state index contributed by atoms with van der Waals surface area (Å²) >= 11 is 0. The zero-order valence-electron chi connectivity index (χ0n) is 9.92. The van der Waals surface area contributed by atoms with Gasteiger partial charge in [0.15, 0.2) is 0 Å². The number of aryl methyl sites for hydroxylation is 1. The fourth-order valence-electron chi connectivity index (χ4n) is 1.75. The minimum absolute atomic E-state index is 0.205. The van der Waals surface area contributed by atoms with Gasteiger partial charge in [-0.3, -0.25) is 4.98 Å². The highest BCUT2D eigenvalue weighted by atomic mass is 19.4. The molecule has 0 fully saturated rings. The summed E-state index contributed by atoms with van der Waals surface area (Å²) in [4.78, 5) is 3.62. The molecule has 6 heteroatoms. The molecule has 2 aromatic rings. The second-order valence-corrected chi connectivity index (χ2v) is 4.11. The first kappa shape index (κ1) is 13.3. The van der Waals surface area contributed by atoms with Crippen LogP contribution in [-0.2, 0) is 6.18 Å². The summed E-state index contributed by atoms with van der Waals surface area (Å²) in [5.74, 6) is -0.759. The van der Waals surface area contributed by atoms with Crippen molar-refractivity contribution in [3.63, 3.8) is 0 Å². The molecule has 2 N–H and O–H groups in total. The van der Waals surface area contributed by atoms with E-state index >= 15 is 0 Å². The Bertz CT molecular complexity index is 621. The fraction of sp³-hybridized carbons (Fsp3) is 0.154. The van der Waals surface area contributed by atoms with E-state index in [9.17, 15) is 17.6 Å². The number of nitrogen functional groups attached to an aromatic ring is 1. The number of alkyl halides is 3. The van der Waals surface area contributed by atoms with Crippen molar-refractivity contribution < 1.29 is 17.6 Å². The van der Waals surface area contributed by atoms with Crippen molar-refractivity contribution in [1.29, 1.82) is 0 Å². The smallest absolute Gasteiger partial charge is 0.398 e. The number of rotatable bonds is 1. The molecule has 0 spiro atoms. The van der Waals surface area contributed by atoms with Crippen molar-refractivity contribution in [3.8, 4) is 11.1 Å². The van der Waals surface area contributed by atoms with E-state index < -0.39 is 17.6 Å². The lowest BCUT2D eigenvalue weighted by atomic mass is 9.99. The number of nitrogens with two attached hydrogens (primary N) is 1. The summed E-state index contributed by atoms with van der Waals surface area (Å²) in [7, 11) is 0. The van der Waals surface area contributed by atoms with Crippen LogP contribution in [0.2, 0.25) is 0 Å². The maximum atomic E-state index is 13.8. The average molecular weight is 270 g/mol. The first-order chi connectivity index (χ1) is 8.80. The Labute approximate surface area is 106 Å². The van der Waals surface area contributed by atoms with Crippen LogP contribution in [0.15, 0.2) is 30.6 Å². The molecule has 0 radical (unpaired) electrons. The maximum Gasteiger partial charge on any atom is 0.417 e. The van der Waals surface area contributed by atoms with Crippen LogP contribution in [0, 0.1) is 12.7 Å². The van der Waals surface area contributed by atoms with E-state index in [-0.39, 0.29) is 16.8 Å². The van der Waals surface area contributed by atoms with Crippen LogP contribution in [0.5, 0.6) is 0 Å². The minimum Gasteiger partial charge on any atom is -0.398 e. The molecule has 2 rings (SSSR count). The number of aromatic nitrogens is 1. The van der Waals surface area contributed by atoms with Gasteiger partial charge in [-0.05, 0) is 30.7 Å². The maximum absolute atomic E-state index is 13.8. The molecule has 0 saturated carbocycles. The van der Waals surface area contributed by atoms with E-state index in [1.807, 2.05) is 0 Å². The van der Waals surface area contributed by atoms with E-state index in [0.717, 1.165) is 24.5 Å². The first-order valence-electron chi connectivity index (χ1n) is 5.38. The van der Waals surface area contributed by atoms with Gasteiger partial charge in [-0.25, -0.2) is 4.39 Å². The first-order valence-corrected chi connectivity index (χ1v) is 5.38. The highest BCUT2D eigenvalue weighted by molar-refractivity contribution is 5.72. The lowest BCUT2D eigenvalue weighted by Gasteiger charge is -2.14. The summed E-state index contributed by atoms with van der Waals surface area (Å²) in [6.45, 7) is 1.58. The van der Waals surface area contributed by atoms with Crippen molar-refractivity contribution in [3.05, 3.63) is 47.5 Å². The van der Waals surface area contributed by atoms with Crippen molar-refractivity contribution in [1.82, 2.24) is 4.98 Å². The van der Waals surface area contributed by atoms with Crippen LogP contribution in [-0.4, -0.2) is 4.98 Å². The Morgan fingerprint density at radius 1 is 1.16 bits per heavy atom. The molecule has 1 aromatic heterocycles. The van der Waals surface area contributed by atoms with Gasteiger partial charge in [-0.1, -0.05) is 0 Å². The Morgan fingerprint density at radius 3 is 2.47 bits per heavy atom. The van der Waals surface area contributed by atoms with Crippen molar-refractivity contribution >= 4 is 5.69 Å². The standard InChI is InChI=1S/C13H10F4N2/c1-7-4-11(14)8(5-12(7)18)9-6-19-3-2-10(9)13(15,16)17/h2-6H,18H2,1H3. The predicted molar refractivity (Wildman–Crippen MR) is 63.8 cm³/mol. The lowest BCUT2D eigenvalue weighted by molar-refractivity contribution is -0.137. The van der Waals surface area contributed by atoms with Gasteiger partial charge in [0.2, 0.25) is 0 Å². The Hall–Kier alpha value is -2.11. The molecular formula is C13H10F4N2. The van der Waals surface area contributed by atoms with Crippen molar-refractivity contribution in [2.45, 2.75) is 13.1 Å². The van der Waals surface area contributed by atoms with E-state index in [4.69, 9.17) is 5.73 Å². The molecule has 0 atom stereocenters. The van der Waals surface area contributed by atoms with Crippen LogP contribution in [0.1, 0.15) is 11.1 Å². The second kappa shape index (κ2) is 4.53. The van der Waals surface area contributed by atoms with Crippen LogP contribution in [0.3, 0.4) is 0 Å². The third-order valence-corrected chi connectivity index (χ3v) is 2.77. The van der Waals surface area contributed by atoms with Gasteiger partial charge in [0, 0.05) is 29.2 Å². The zero-order valence-corrected chi connectivity index (χ0v) is 9.92. The molecule has 0 amide bonds. The monoisotopic (exact) mass is 270 g/mol. The number of pyridine rings is 1. The van der Waals surface area contributed by atoms with Crippen LogP contribution >= 0.6 is 0 Å². The van der Waals surface area contributed by atoms with Crippen LogP contribution in [0.25, 0.3) is 11.1 Å². The van der Waals surface area contributed by atoms with E-state index in [2.05, 4.69) is 4.98 Å². The average Bonchev–Trinajstić information content (AvgIpc) is 2.33. The van der Waals surface area contributed by atoms with Gasteiger partial charge >= 0.3 is 6.18 Å². The normalized spacial score (nSPS) is 11.6. The molecule has 0 aliphatic heterocycles. The molecule has 0 unspecified atom stereocenters. The highest BCUT2D eigenvalue weighted by Gasteiger charge is 2.34. The topological polar surface area (TPSA) is 38.9 Å². The third-order valence-electron chi connectivity index (χ3n) is 2.77. The van der Waals surface area contributed by atoms with E-state index in [0.29, 0.717) is 5.56 Å². The summed E-state index contributed by atoms with van der Waals surface area (Å²) in [6, 6.07) is 3.11. The Balaban J connectivity index is 2.70. The number of hydrogen-bond acceptors (Lipinski definition) is 2. The SMILES string of the molecule is Cc1cc(F)c(-c2cnccc2C(F)(F)F)cc1N. The molecule has 0 aliphatic carbocycles. The van der Waals surface area contributed by atoms with Gasteiger partial charge in [-0.2, -0.15) is 13.2 Å². The second-order valence-electron chi connectivity index (χ2n) is 4.11. The zero-order chi connectivity index (χ0) is 14.2. The predicted octanol–water partition coefficient (Wildman–Crippen LogP) is 3.80. The van der Waals surface area contributed by atoms with Gasteiger partial charge in [0.05, 0.1) is 5.56 Å². The highest BCUT2D eigenvalue weighted by Crippen LogP contribution is 2.38. The van der Waals surface area contributed by atoms with Crippen molar-refractivity contribution in [2.75, 3.05) is 5.73 Å². The number of nitrogens with zero attached hydrogens (tertiary/aromatic N) is 1. The van der Waals surface area contributed by atoms with Gasteiger partial charge in [-0.15, -0.1) is 0 Å². The lowest BCUT2D eigenvalue weighted by Crippen LogP contribution is -2.08. The minimum atomic E-state index is -4.58. The Morgan fingerprint density at radius 2 is 1.84 bits per heavy atom. The van der Waals surface area contributed by atoms with Gasteiger partial charge < -0.3 is 5.73 Å². The molecule has 0 bridgehead atoms. The molecule has 1 aromatic carbocycles.